The van der Waals surface area contributed by atoms with Gasteiger partial charge in [-0.3, -0.25) is 14.5 Å². The van der Waals surface area contributed by atoms with Gasteiger partial charge in [0, 0.05) is 11.6 Å². The van der Waals surface area contributed by atoms with E-state index in [-0.39, 0.29) is 16.8 Å². The Bertz CT molecular complexity index is 1410. The van der Waals surface area contributed by atoms with Crippen molar-refractivity contribution in [3.05, 3.63) is 93.8 Å². The molecule has 0 fully saturated rings. The van der Waals surface area contributed by atoms with Crippen molar-refractivity contribution < 1.29 is 18.7 Å². The number of hydrogen-bond acceptors (Lipinski definition) is 7. The van der Waals surface area contributed by atoms with Crippen LogP contribution in [0.2, 0.25) is 0 Å². The summed E-state index contributed by atoms with van der Waals surface area (Å²) in [6.07, 6.45) is 3.27. The predicted octanol–water partition coefficient (Wildman–Crippen LogP) is 4.96. The Morgan fingerprint density at radius 3 is 2.79 bits per heavy atom. The van der Waals surface area contributed by atoms with Crippen LogP contribution in [0, 0.1) is 0 Å². The summed E-state index contributed by atoms with van der Waals surface area (Å²) in [5.74, 6) is 0.694. The van der Waals surface area contributed by atoms with Crippen LogP contribution in [0.25, 0.3) is 11.0 Å². The quantitative estimate of drug-likeness (QED) is 0.363. The summed E-state index contributed by atoms with van der Waals surface area (Å²) in [4.78, 5) is 32.9. The zero-order chi connectivity index (χ0) is 22.9. The van der Waals surface area contributed by atoms with Gasteiger partial charge in [0.15, 0.2) is 22.1 Å². The summed E-state index contributed by atoms with van der Waals surface area (Å²) in [6, 6.07) is 11.6. The zero-order valence-corrected chi connectivity index (χ0v) is 18.6. The summed E-state index contributed by atoms with van der Waals surface area (Å²) in [5, 5.41) is 2.68. The maximum absolute atomic E-state index is 13.6. The molecule has 0 spiro atoms. The van der Waals surface area contributed by atoms with Gasteiger partial charge in [0.25, 0.3) is 5.91 Å². The van der Waals surface area contributed by atoms with Crippen molar-refractivity contribution in [3.8, 4) is 11.5 Å². The molecule has 0 saturated heterocycles. The number of benzene rings is 2. The van der Waals surface area contributed by atoms with E-state index in [1.54, 1.807) is 54.1 Å². The van der Waals surface area contributed by atoms with Gasteiger partial charge >= 0.3 is 0 Å². The molecule has 0 aliphatic carbocycles. The van der Waals surface area contributed by atoms with Gasteiger partial charge in [-0.1, -0.05) is 30.9 Å². The second kappa shape index (κ2) is 8.55. The molecule has 3 heterocycles. The number of amides is 1. The fourth-order valence-electron chi connectivity index (χ4n) is 4.00. The molecule has 5 rings (SSSR count). The first-order valence-electron chi connectivity index (χ1n) is 10.4. The molecule has 2 aromatic carbocycles. The van der Waals surface area contributed by atoms with Gasteiger partial charge in [0.05, 0.1) is 23.6 Å². The lowest BCUT2D eigenvalue weighted by molar-refractivity contribution is 0.0971. The first kappa shape index (κ1) is 21.0. The number of aromatic nitrogens is 1. The number of carbonyl (C=O) groups is 1. The van der Waals surface area contributed by atoms with Crippen molar-refractivity contribution in [2.75, 3.05) is 18.1 Å². The number of hydrogen-bond donors (Lipinski definition) is 0. The second-order valence-corrected chi connectivity index (χ2v) is 8.17. The molecule has 0 bridgehead atoms. The molecule has 0 radical (unpaired) electrons. The number of rotatable bonds is 7. The first-order valence-corrected chi connectivity index (χ1v) is 11.3. The van der Waals surface area contributed by atoms with Crippen LogP contribution in [-0.4, -0.2) is 24.1 Å². The van der Waals surface area contributed by atoms with E-state index >= 15 is 0 Å². The normalized spacial score (nSPS) is 15.0. The van der Waals surface area contributed by atoms with Crippen LogP contribution < -0.4 is 19.8 Å². The van der Waals surface area contributed by atoms with Gasteiger partial charge in [0.2, 0.25) is 5.76 Å². The highest BCUT2D eigenvalue weighted by atomic mass is 32.1. The minimum absolute atomic E-state index is 0.0313. The van der Waals surface area contributed by atoms with Crippen molar-refractivity contribution in [1.29, 1.82) is 0 Å². The third-order valence-corrected chi connectivity index (χ3v) is 6.11. The van der Waals surface area contributed by atoms with Crippen LogP contribution in [0.1, 0.15) is 34.6 Å². The minimum atomic E-state index is -0.716. The van der Waals surface area contributed by atoms with Crippen LogP contribution in [0.4, 0.5) is 5.13 Å². The molecule has 2 aromatic heterocycles. The molecule has 1 amide bonds. The molecule has 0 saturated carbocycles. The number of nitrogens with zero attached hydrogens (tertiary/aromatic N) is 2. The largest absolute Gasteiger partial charge is 0.490 e. The van der Waals surface area contributed by atoms with Gasteiger partial charge in [-0.05, 0) is 36.8 Å². The van der Waals surface area contributed by atoms with Crippen molar-refractivity contribution >= 4 is 33.3 Å². The summed E-state index contributed by atoms with van der Waals surface area (Å²) < 4.78 is 17.5. The Morgan fingerprint density at radius 2 is 2.03 bits per heavy atom. The number of ether oxygens (including phenoxy) is 2. The van der Waals surface area contributed by atoms with Gasteiger partial charge < -0.3 is 13.9 Å². The third kappa shape index (κ3) is 3.48. The van der Waals surface area contributed by atoms with Crippen molar-refractivity contribution in [3.63, 3.8) is 0 Å². The molecule has 1 unspecified atom stereocenters. The maximum atomic E-state index is 13.6. The Labute approximate surface area is 193 Å². The second-order valence-electron chi connectivity index (χ2n) is 7.30. The molecule has 7 nitrogen and oxygen atoms in total. The number of para-hydroxylation sites is 1. The highest BCUT2D eigenvalue weighted by Gasteiger charge is 2.45. The predicted molar refractivity (Wildman–Crippen MR) is 127 cm³/mol. The molecule has 1 atom stereocenters. The lowest BCUT2D eigenvalue weighted by Gasteiger charge is -2.23. The highest BCUT2D eigenvalue weighted by molar-refractivity contribution is 7.13. The Balaban J connectivity index is 1.74. The summed E-state index contributed by atoms with van der Waals surface area (Å²) in [6.45, 7) is 6.31. The van der Waals surface area contributed by atoms with E-state index in [1.807, 2.05) is 13.0 Å². The number of fused-ring (bicyclic) bond motifs is 2. The SMILES string of the molecule is C=CCOc1ccc(C2c3c(oc4ccccc4c3=O)C(=O)N2c2nccs2)cc1OCC. The van der Waals surface area contributed by atoms with Crippen LogP contribution in [0.15, 0.2) is 75.9 Å². The summed E-state index contributed by atoms with van der Waals surface area (Å²) in [7, 11) is 0. The number of carbonyl (C=O) groups excluding carboxylic acids is 1. The van der Waals surface area contributed by atoms with Crippen LogP contribution in [0.5, 0.6) is 11.5 Å². The van der Waals surface area contributed by atoms with E-state index in [1.165, 1.54) is 16.2 Å². The van der Waals surface area contributed by atoms with Gasteiger partial charge in [-0.15, -0.1) is 11.3 Å². The third-order valence-electron chi connectivity index (χ3n) is 5.34. The van der Waals surface area contributed by atoms with Gasteiger partial charge in [-0.2, -0.15) is 0 Å². The molecule has 166 valence electrons. The minimum Gasteiger partial charge on any atom is -0.490 e. The van der Waals surface area contributed by atoms with E-state index in [0.29, 0.717) is 46.4 Å². The lowest BCUT2D eigenvalue weighted by atomic mass is 9.98. The molecule has 33 heavy (non-hydrogen) atoms. The topological polar surface area (TPSA) is 81.9 Å². The Kier molecular flexibility index (Phi) is 5.43. The van der Waals surface area contributed by atoms with E-state index in [4.69, 9.17) is 13.9 Å². The smallest absolute Gasteiger partial charge is 0.297 e. The first-order chi connectivity index (χ1) is 16.1. The summed E-state index contributed by atoms with van der Waals surface area (Å²) in [5.41, 5.74) is 1.11. The molecular weight excluding hydrogens is 440 g/mol. The fraction of sp³-hybridized carbons (Fsp3) is 0.160. The molecule has 8 heteroatoms. The lowest BCUT2D eigenvalue weighted by Crippen LogP contribution is -2.29. The van der Waals surface area contributed by atoms with Crippen LogP contribution in [0.3, 0.4) is 0 Å². The molecular formula is C25H20N2O5S. The summed E-state index contributed by atoms with van der Waals surface area (Å²) >= 11 is 1.32. The van der Waals surface area contributed by atoms with E-state index < -0.39 is 11.9 Å². The van der Waals surface area contributed by atoms with E-state index in [2.05, 4.69) is 11.6 Å². The number of thiazole rings is 1. The maximum Gasteiger partial charge on any atom is 0.297 e. The Hall–Kier alpha value is -3.91. The number of anilines is 1. The van der Waals surface area contributed by atoms with Gasteiger partial charge in [-0.25, -0.2) is 4.98 Å². The van der Waals surface area contributed by atoms with E-state index in [9.17, 15) is 9.59 Å². The van der Waals surface area contributed by atoms with Crippen molar-refractivity contribution in [2.45, 2.75) is 13.0 Å². The van der Waals surface area contributed by atoms with Crippen molar-refractivity contribution in [1.82, 2.24) is 4.98 Å². The highest BCUT2D eigenvalue weighted by Crippen LogP contribution is 2.43. The van der Waals surface area contributed by atoms with E-state index in [0.717, 1.165) is 0 Å². The fourth-order valence-corrected chi connectivity index (χ4v) is 4.67. The molecule has 1 aliphatic heterocycles. The standard InChI is InChI=1S/C25H20N2O5S/c1-3-12-31-18-10-9-15(14-19(18)30-4-2)21-20-22(28)16-7-5-6-8-17(16)32-23(20)24(29)27(21)25-26-11-13-33-25/h3,5-11,13-14,21H,1,4,12H2,2H3. The molecule has 1 aliphatic rings. The zero-order valence-electron chi connectivity index (χ0n) is 17.8. The average Bonchev–Trinajstić information content (AvgIpc) is 3.45. The van der Waals surface area contributed by atoms with Crippen molar-refractivity contribution in [2.24, 2.45) is 0 Å². The molecule has 4 aromatic rings. The van der Waals surface area contributed by atoms with Gasteiger partial charge in [0.1, 0.15) is 12.2 Å². The molecule has 0 N–H and O–H groups in total. The Morgan fingerprint density at radius 1 is 1.18 bits per heavy atom. The van der Waals surface area contributed by atoms with Crippen LogP contribution in [-0.2, 0) is 0 Å². The average molecular weight is 461 g/mol. The van der Waals surface area contributed by atoms with Crippen LogP contribution >= 0.6 is 11.3 Å². The monoisotopic (exact) mass is 460 g/mol.